The van der Waals surface area contributed by atoms with E-state index in [0.29, 0.717) is 6.54 Å². The first kappa shape index (κ1) is 15.1. The topological polar surface area (TPSA) is 18.5 Å². The van der Waals surface area contributed by atoms with Gasteiger partial charge < -0.3 is 10.2 Å². The maximum Gasteiger partial charge on any atom is 0.401 e. The molecule has 0 saturated carbocycles. The van der Waals surface area contributed by atoms with E-state index < -0.39 is 12.7 Å². The van der Waals surface area contributed by atoms with Gasteiger partial charge in [0.05, 0.1) is 6.54 Å². The SMILES string of the molecule is FC(F)(F)CN(CCN1CCCC1)C1CCNCC1. The summed E-state index contributed by atoms with van der Waals surface area (Å²) in [4.78, 5) is 3.93. The van der Waals surface area contributed by atoms with Crippen molar-refractivity contribution in [2.75, 3.05) is 45.8 Å². The molecule has 0 amide bonds. The summed E-state index contributed by atoms with van der Waals surface area (Å²) in [5.74, 6) is 0. The summed E-state index contributed by atoms with van der Waals surface area (Å²) in [6.45, 7) is 4.33. The molecule has 0 aromatic rings. The van der Waals surface area contributed by atoms with Crippen molar-refractivity contribution in [3.63, 3.8) is 0 Å². The van der Waals surface area contributed by atoms with Crippen LogP contribution in [0.3, 0.4) is 0 Å². The summed E-state index contributed by atoms with van der Waals surface area (Å²) in [5.41, 5.74) is 0. The van der Waals surface area contributed by atoms with Crippen LogP contribution in [0.2, 0.25) is 0 Å². The van der Waals surface area contributed by atoms with Crippen LogP contribution in [0.25, 0.3) is 0 Å². The first-order valence-corrected chi connectivity index (χ1v) is 7.28. The Morgan fingerprint density at radius 3 is 2.32 bits per heavy atom. The molecule has 2 saturated heterocycles. The van der Waals surface area contributed by atoms with E-state index in [1.165, 1.54) is 12.8 Å². The highest BCUT2D eigenvalue weighted by atomic mass is 19.4. The molecule has 0 aromatic heterocycles. The molecule has 19 heavy (non-hydrogen) atoms. The largest absolute Gasteiger partial charge is 0.401 e. The number of rotatable bonds is 5. The highest BCUT2D eigenvalue weighted by molar-refractivity contribution is 4.80. The maximum absolute atomic E-state index is 12.7. The van der Waals surface area contributed by atoms with Gasteiger partial charge in [-0.3, -0.25) is 4.90 Å². The fraction of sp³-hybridized carbons (Fsp3) is 1.00. The third-order valence-corrected chi connectivity index (χ3v) is 4.11. The summed E-state index contributed by atoms with van der Waals surface area (Å²) in [6.07, 6.45) is -0.0543. The fourth-order valence-electron chi connectivity index (χ4n) is 3.07. The number of halogens is 3. The molecule has 0 aromatic carbocycles. The zero-order valence-electron chi connectivity index (χ0n) is 11.4. The van der Waals surface area contributed by atoms with Crippen molar-refractivity contribution in [3.05, 3.63) is 0 Å². The van der Waals surface area contributed by atoms with E-state index in [-0.39, 0.29) is 6.04 Å². The maximum atomic E-state index is 12.7. The molecule has 2 aliphatic rings. The zero-order valence-corrected chi connectivity index (χ0v) is 11.4. The summed E-state index contributed by atoms with van der Waals surface area (Å²) < 4.78 is 38.1. The Kier molecular flexibility index (Phi) is 5.47. The molecule has 0 spiro atoms. The van der Waals surface area contributed by atoms with E-state index in [1.54, 1.807) is 4.90 Å². The third kappa shape index (κ3) is 5.28. The quantitative estimate of drug-likeness (QED) is 0.826. The van der Waals surface area contributed by atoms with Crippen LogP contribution < -0.4 is 5.32 Å². The van der Waals surface area contributed by atoms with E-state index >= 15 is 0 Å². The molecular formula is C13H24F3N3. The van der Waals surface area contributed by atoms with Crippen LogP contribution in [0.5, 0.6) is 0 Å². The molecule has 0 unspecified atom stereocenters. The first-order valence-electron chi connectivity index (χ1n) is 7.28. The standard InChI is InChI=1S/C13H24F3N3/c14-13(15,16)11-19(12-3-5-17-6-4-12)10-9-18-7-1-2-8-18/h12,17H,1-11H2. The van der Waals surface area contributed by atoms with Crippen LogP contribution in [0.1, 0.15) is 25.7 Å². The number of nitrogens with zero attached hydrogens (tertiary/aromatic N) is 2. The van der Waals surface area contributed by atoms with Crippen molar-refractivity contribution < 1.29 is 13.2 Å². The Morgan fingerprint density at radius 1 is 1.11 bits per heavy atom. The highest BCUT2D eigenvalue weighted by Crippen LogP contribution is 2.21. The van der Waals surface area contributed by atoms with E-state index in [1.807, 2.05) is 0 Å². The molecule has 0 aliphatic carbocycles. The van der Waals surface area contributed by atoms with Gasteiger partial charge >= 0.3 is 6.18 Å². The average molecular weight is 279 g/mol. The van der Waals surface area contributed by atoms with E-state index in [2.05, 4.69) is 10.2 Å². The lowest BCUT2D eigenvalue weighted by Crippen LogP contribution is -2.49. The zero-order chi connectivity index (χ0) is 13.7. The number of hydrogen-bond acceptors (Lipinski definition) is 3. The van der Waals surface area contributed by atoms with Crippen molar-refractivity contribution in [2.45, 2.75) is 37.9 Å². The Labute approximate surface area is 113 Å². The van der Waals surface area contributed by atoms with Gasteiger partial charge in [-0.15, -0.1) is 0 Å². The van der Waals surface area contributed by atoms with Crippen LogP contribution in [0.15, 0.2) is 0 Å². The Morgan fingerprint density at radius 2 is 1.74 bits per heavy atom. The molecule has 2 heterocycles. The normalized spacial score (nSPS) is 23.4. The highest BCUT2D eigenvalue weighted by Gasteiger charge is 2.34. The number of piperidine rings is 1. The molecule has 1 N–H and O–H groups in total. The van der Waals surface area contributed by atoms with Crippen LogP contribution in [-0.2, 0) is 0 Å². The summed E-state index contributed by atoms with van der Waals surface area (Å²) >= 11 is 0. The van der Waals surface area contributed by atoms with Crippen molar-refractivity contribution in [3.8, 4) is 0 Å². The van der Waals surface area contributed by atoms with Crippen LogP contribution in [0.4, 0.5) is 13.2 Å². The molecule has 6 heteroatoms. The predicted octanol–water partition coefficient (Wildman–Crippen LogP) is 1.70. The van der Waals surface area contributed by atoms with Gasteiger partial charge in [-0.05, 0) is 51.9 Å². The number of alkyl halides is 3. The summed E-state index contributed by atoms with van der Waals surface area (Å²) in [7, 11) is 0. The van der Waals surface area contributed by atoms with Gasteiger partial charge in [-0.25, -0.2) is 0 Å². The second-order valence-electron chi connectivity index (χ2n) is 5.62. The van der Waals surface area contributed by atoms with Crippen molar-refractivity contribution in [2.24, 2.45) is 0 Å². The van der Waals surface area contributed by atoms with Crippen LogP contribution >= 0.6 is 0 Å². The number of likely N-dealkylation sites (tertiary alicyclic amines) is 1. The Balaban J connectivity index is 1.84. The molecule has 2 aliphatic heterocycles. The molecule has 0 radical (unpaired) electrons. The molecule has 2 fully saturated rings. The van der Waals surface area contributed by atoms with Gasteiger partial charge in [-0.2, -0.15) is 13.2 Å². The van der Waals surface area contributed by atoms with E-state index in [0.717, 1.165) is 45.6 Å². The summed E-state index contributed by atoms with van der Waals surface area (Å²) in [5, 5.41) is 3.21. The van der Waals surface area contributed by atoms with E-state index in [4.69, 9.17) is 0 Å². The van der Waals surface area contributed by atoms with Crippen molar-refractivity contribution in [1.82, 2.24) is 15.1 Å². The van der Waals surface area contributed by atoms with Gasteiger partial charge in [0.15, 0.2) is 0 Å². The monoisotopic (exact) mass is 279 g/mol. The second kappa shape index (κ2) is 6.90. The number of hydrogen-bond donors (Lipinski definition) is 1. The van der Waals surface area contributed by atoms with Gasteiger partial charge in [0, 0.05) is 19.1 Å². The molecular weight excluding hydrogens is 255 g/mol. The minimum Gasteiger partial charge on any atom is -0.317 e. The van der Waals surface area contributed by atoms with Crippen molar-refractivity contribution in [1.29, 1.82) is 0 Å². The Bertz CT molecular complexity index is 258. The summed E-state index contributed by atoms with van der Waals surface area (Å²) in [6, 6.07) is 0.0884. The second-order valence-corrected chi connectivity index (χ2v) is 5.62. The lowest BCUT2D eigenvalue weighted by Gasteiger charge is -2.36. The lowest BCUT2D eigenvalue weighted by molar-refractivity contribution is -0.152. The molecule has 112 valence electrons. The van der Waals surface area contributed by atoms with Gasteiger partial charge in [0.1, 0.15) is 0 Å². The lowest BCUT2D eigenvalue weighted by atomic mass is 10.0. The van der Waals surface area contributed by atoms with Crippen molar-refractivity contribution >= 4 is 0 Å². The van der Waals surface area contributed by atoms with Crippen LogP contribution in [0, 0.1) is 0 Å². The minimum absolute atomic E-state index is 0.0884. The molecule has 2 rings (SSSR count). The molecule has 3 nitrogen and oxygen atoms in total. The third-order valence-electron chi connectivity index (χ3n) is 4.11. The van der Waals surface area contributed by atoms with E-state index in [9.17, 15) is 13.2 Å². The number of nitrogens with one attached hydrogen (secondary N) is 1. The molecule has 0 bridgehead atoms. The first-order chi connectivity index (χ1) is 9.04. The average Bonchev–Trinajstić information content (AvgIpc) is 2.87. The van der Waals surface area contributed by atoms with Gasteiger partial charge in [-0.1, -0.05) is 0 Å². The fourth-order valence-corrected chi connectivity index (χ4v) is 3.07. The molecule has 0 atom stereocenters. The minimum atomic E-state index is -4.09. The van der Waals surface area contributed by atoms with Gasteiger partial charge in [0.25, 0.3) is 0 Å². The predicted molar refractivity (Wildman–Crippen MR) is 69.2 cm³/mol. The van der Waals surface area contributed by atoms with Crippen LogP contribution in [-0.4, -0.2) is 67.8 Å². The van der Waals surface area contributed by atoms with Gasteiger partial charge in [0.2, 0.25) is 0 Å². The smallest absolute Gasteiger partial charge is 0.317 e. The Hall–Kier alpha value is -0.330.